The topological polar surface area (TPSA) is 51.2 Å². The van der Waals surface area contributed by atoms with E-state index < -0.39 is 0 Å². The molecule has 0 aliphatic heterocycles. The van der Waals surface area contributed by atoms with Gasteiger partial charge in [0.2, 0.25) is 0 Å². The second-order valence-electron chi connectivity index (χ2n) is 5.80. The molecule has 1 fully saturated rings. The monoisotopic (exact) mass is 276 g/mol. The largest absolute Gasteiger partial charge is 0.381 e. The van der Waals surface area contributed by atoms with E-state index in [4.69, 9.17) is 4.74 Å². The third kappa shape index (κ3) is 3.37. The van der Waals surface area contributed by atoms with E-state index in [9.17, 15) is 4.79 Å². The molecule has 1 saturated carbocycles. The lowest BCUT2D eigenvalue weighted by Gasteiger charge is -2.41. The first-order valence-corrected chi connectivity index (χ1v) is 7.35. The third-order valence-corrected chi connectivity index (χ3v) is 4.25. The first kappa shape index (κ1) is 15.0. The van der Waals surface area contributed by atoms with Crippen LogP contribution in [0.1, 0.15) is 47.8 Å². The summed E-state index contributed by atoms with van der Waals surface area (Å²) in [6, 6.07) is 1.90. The van der Waals surface area contributed by atoms with Gasteiger partial charge in [0.15, 0.2) is 0 Å². The van der Waals surface area contributed by atoms with E-state index in [-0.39, 0.29) is 11.3 Å². The SMILES string of the molecule is CCOCC1(CNC(=O)c2cnc(C)c(C)c2)CCC1. The quantitative estimate of drug-likeness (QED) is 0.869. The van der Waals surface area contributed by atoms with Gasteiger partial charge in [-0.1, -0.05) is 6.42 Å². The number of ether oxygens (including phenoxy) is 1. The van der Waals surface area contributed by atoms with Gasteiger partial charge in [0.05, 0.1) is 12.2 Å². The minimum absolute atomic E-state index is 0.0385. The van der Waals surface area contributed by atoms with Crippen molar-refractivity contribution >= 4 is 5.91 Å². The van der Waals surface area contributed by atoms with Gasteiger partial charge in [-0.3, -0.25) is 9.78 Å². The molecule has 1 aromatic heterocycles. The van der Waals surface area contributed by atoms with Crippen molar-refractivity contribution in [2.75, 3.05) is 19.8 Å². The average molecular weight is 276 g/mol. The van der Waals surface area contributed by atoms with E-state index in [1.54, 1.807) is 6.20 Å². The van der Waals surface area contributed by atoms with Crippen LogP contribution in [0.15, 0.2) is 12.3 Å². The number of hydrogen-bond acceptors (Lipinski definition) is 3. The Balaban J connectivity index is 1.92. The van der Waals surface area contributed by atoms with Crippen LogP contribution in [-0.2, 0) is 4.74 Å². The first-order valence-electron chi connectivity index (χ1n) is 7.35. The Morgan fingerprint density at radius 3 is 2.75 bits per heavy atom. The molecule has 0 radical (unpaired) electrons. The summed E-state index contributed by atoms with van der Waals surface area (Å²) in [5.41, 5.74) is 2.80. The molecule has 0 unspecified atom stereocenters. The second kappa shape index (κ2) is 6.35. The van der Waals surface area contributed by atoms with Crippen LogP contribution < -0.4 is 5.32 Å². The van der Waals surface area contributed by atoms with Crippen LogP contribution in [-0.4, -0.2) is 30.6 Å². The Morgan fingerprint density at radius 2 is 2.20 bits per heavy atom. The molecule has 1 aromatic rings. The fourth-order valence-corrected chi connectivity index (χ4v) is 2.50. The van der Waals surface area contributed by atoms with Gasteiger partial charge >= 0.3 is 0 Å². The van der Waals surface area contributed by atoms with Crippen molar-refractivity contribution < 1.29 is 9.53 Å². The van der Waals surface area contributed by atoms with Gasteiger partial charge in [0.25, 0.3) is 5.91 Å². The van der Waals surface area contributed by atoms with Crippen LogP contribution in [0.2, 0.25) is 0 Å². The molecule has 2 rings (SSSR count). The summed E-state index contributed by atoms with van der Waals surface area (Å²) >= 11 is 0. The standard InChI is InChI=1S/C16H24N2O2/c1-4-20-11-16(6-5-7-16)10-18-15(19)14-8-12(2)13(3)17-9-14/h8-9H,4-7,10-11H2,1-3H3,(H,18,19). The van der Waals surface area contributed by atoms with E-state index in [2.05, 4.69) is 10.3 Å². The van der Waals surface area contributed by atoms with Crippen molar-refractivity contribution in [3.05, 3.63) is 29.1 Å². The number of nitrogens with zero attached hydrogens (tertiary/aromatic N) is 1. The maximum atomic E-state index is 12.2. The number of amides is 1. The van der Waals surface area contributed by atoms with Gasteiger partial charge in [-0.2, -0.15) is 0 Å². The molecule has 0 aromatic carbocycles. The van der Waals surface area contributed by atoms with Gasteiger partial charge in [0.1, 0.15) is 0 Å². The van der Waals surface area contributed by atoms with Gasteiger partial charge in [-0.05, 0) is 45.2 Å². The Morgan fingerprint density at radius 1 is 1.45 bits per heavy atom. The molecule has 1 amide bonds. The van der Waals surface area contributed by atoms with Crippen molar-refractivity contribution in [2.45, 2.75) is 40.0 Å². The predicted octanol–water partition coefficient (Wildman–Crippen LogP) is 2.64. The highest BCUT2D eigenvalue weighted by Crippen LogP contribution is 2.40. The van der Waals surface area contributed by atoms with E-state index in [1.165, 1.54) is 6.42 Å². The van der Waals surface area contributed by atoms with Gasteiger partial charge in [-0.25, -0.2) is 0 Å². The highest BCUT2D eigenvalue weighted by molar-refractivity contribution is 5.94. The molecule has 20 heavy (non-hydrogen) atoms. The number of rotatable bonds is 6. The predicted molar refractivity (Wildman–Crippen MR) is 78.8 cm³/mol. The molecule has 110 valence electrons. The summed E-state index contributed by atoms with van der Waals surface area (Å²) in [7, 11) is 0. The van der Waals surface area contributed by atoms with Crippen LogP contribution in [0, 0.1) is 19.3 Å². The van der Waals surface area contributed by atoms with Gasteiger partial charge < -0.3 is 10.1 Å². The molecular weight excluding hydrogens is 252 g/mol. The fraction of sp³-hybridized carbons (Fsp3) is 0.625. The van der Waals surface area contributed by atoms with Crippen molar-refractivity contribution in [1.82, 2.24) is 10.3 Å². The van der Waals surface area contributed by atoms with Crippen LogP contribution in [0.5, 0.6) is 0 Å². The molecule has 1 N–H and O–H groups in total. The number of pyridine rings is 1. The van der Waals surface area contributed by atoms with Crippen molar-refractivity contribution in [1.29, 1.82) is 0 Å². The highest BCUT2D eigenvalue weighted by atomic mass is 16.5. The van der Waals surface area contributed by atoms with E-state index in [1.807, 2.05) is 26.8 Å². The number of carbonyl (C=O) groups excluding carboxylic acids is 1. The zero-order chi connectivity index (χ0) is 14.6. The number of hydrogen-bond donors (Lipinski definition) is 1. The number of aromatic nitrogens is 1. The lowest BCUT2D eigenvalue weighted by Crippen LogP contribution is -2.45. The smallest absolute Gasteiger partial charge is 0.252 e. The molecule has 1 aliphatic rings. The fourth-order valence-electron chi connectivity index (χ4n) is 2.50. The Kier molecular flexibility index (Phi) is 4.76. The summed E-state index contributed by atoms with van der Waals surface area (Å²) in [6.07, 6.45) is 5.15. The molecule has 0 atom stereocenters. The normalized spacial score (nSPS) is 16.6. The number of carbonyl (C=O) groups is 1. The molecule has 0 saturated heterocycles. The lowest BCUT2D eigenvalue weighted by molar-refractivity contribution is -0.000185. The second-order valence-corrected chi connectivity index (χ2v) is 5.80. The van der Waals surface area contributed by atoms with Crippen molar-refractivity contribution in [2.24, 2.45) is 5.41 Å². The maximum absolute atomic E-state index is 12.2. The molecule has 4 nitrogen and oxygen atoms in total. The van der Waals surface area contributed by atoms with Crippen LogP contribution >= 0.6 is 0 Å². The first-order chi connectivity index (χ1) is 9.56. The van der Waals surface area contributed by atoms with Crippen LogP contribution in [0.4, 0.5) is 0 Å². The highest BCUT2D eigenvalue weighted by Gasteiger charge is 2.37. The molecule has 1 heterocycles. The summed E-state index contributed by atoms with van der Waals surface area (Å²) < 4.78 is 5.55. The third-order valence-electron chi connectivity index (χ3n) is 4.25. The Bertz CT molecular complexity index is 481. The lowest BCUT2D eigenvalue weighted by atomic mass is 9.69. The molecule has 0 bridgehead atoms. The van der Waals surface area contributed by atoms with Gasteiger partial charge in [0, 0.05) is 30.5 Å². The molecule has 1 aliphatic carbocycles. The van der Waals surface area contributed by atoms with Crippen molar-refractivity contribution in [3.8, 4) is 0 Å². The van der Waals surface area contributed by atoms with E-state index >= 15 is 0 Å². The summed E-state index contributed by atoms with van der Waals surface area (Å²) in [4.78, 5) is 16.4. The minimum Gasteiger partial charge on any atom is -0.381 e. The molecule has 4 heteroatoms. The minimum atomic E-state index is -0.0385. The Labute approximate surface area is 120 Å². The summed E-state index contributed by atoms with van der Waals surface area (Å²) in [6.45, 7) is 8.10. The molecule has 0 spiro atoms. The summed E-state index contributed by atoms with van der Waals surface area (Å²) in [5.74, 6) is -0.0385. The number of nitrogens with one attached hydrogen (secondary N) is 1. The zero-order valence-corrected chi connectivity index (χ0v) is 12.7. The Hall–Kier alpha value is -1.42. The van der Waals surface area contributed by atoms with Gasteiger partial charge in [-0.15, -0.1) is 0 Å². The van der Waals surface area contributed by atoms with Crippen molar-refractivity contribution in [3.63, 3.8) is 0 Å². The van der Waals surface area contributed by atoms with Crippen LogP contribution in [0.25, 0.3) is 0 Å². The van der Waals surface area contributed by atoms with Crippen LogP contribution in [0.3, 0.4) is 0 Å². The molecular formula is C16H24N2O2. The average Bonchev–Trinajstić information content (AvgIpc) is 2.40. The van der Waals surface area contributed by atoms with E-state index in [0.29, 0.717) is 12.1 Å². The maximum Gasteiger partial charge on any atom is 0.252 e. The number of aryl methyl sites for hydroxylation is 2. The zero-order valence-electron chi connectivity index (χ0n) is 12.7. The summed E-state index contributed by atoms with van der Waals surface area (Å²) in [5, 5.41) is 3.04. The van der Waals surface area contributed by atoms with E-state index in [0.717, 1.165) is 37.3 Å².